The maximum absolute atomic E-state index is 13.3. The Bertz CT molecular complexity index is 575. The highest BCUT2D eigenvalue weighted by Gasteiger charge is 2.21. The van der Waals surface area contributed by atoms with Crippen LogP contribution in [0, 0.1) is 19.7 Å². The number of hydrogen-bond acceptors (Lipinski definition) is 2. The molecule has 2 aromatic rings. The number of rotatable bonds is 2. The lowest BCUT2D eigenvalue weighted by molar-refractivity contribution is 0.219. The summed E-state index contributed by atoms with van der Waals surface area (Å²) in [7, 11) is 1.70. The zero-order valence-electron chi connectivity index (χ0n) is 10.4. The Hall–Kier alpha value is -1.39. The molecule has 0 radical (unpaired) electrons. The molecule has 1 aromatic heterocycles. The number of aliphatic hydroxyl groups excluding tert-OH is 1. The second-order valence-electron chi connectivity index (χ2n) is 4.38. The van der Waals surface area contributed by atoms with Crippen molar-refractivity contribution in [3.8, 4) is 0 Å². The van der Waals surface area contributed by atoms with E-state index in [1.54, 1.807) is 27.0 Å². The van der Waals surface area contributed by atoms with Crippen molar-refractivity contribution >= 4 is 11.6 Å². The molecule has 1 heterocycles. The molecule has 0 amide bonds. The summed E-state index contributed by atoms with van der Waals surface area (Å²) in [5.74, 6) is -0.373. The zero-order valence-corrected chi connectivity index (χ0v) is 11.2. The third-order valence-electron chi connectivity index (χ3n) is 2.85. The number of aliphatic hydroxyl groups is 1. The molecule has 0 fully saturated rings. The molecule has 0 aliphatic rings. The summed E-state index contributed by atoms with van der Waals surface area (Å²) in [4.78, 5) is 0. The first kappa shape index (κ1) is 13.1. The Labute approximate surface area is 110 Å². The molecular formula is C13H14ClFN2O. The molecule has 1 N–H and O–H groups in total. The van der Waals surface area contributed by atoms with Crippen LogP contribution in [-0.4, -0.2) is 14.9 Å². The van der Waals surface area contributed by atoms with Crippen molar-refractivity contribution in [1.82, 2.24) is 9.78 Å². The smallest absolute Gasteiger partial charge is 0.133 e. The van der Waals surface area contributed by atoms with Crippen molar-refractivity contribution in [2.75, 3.05) is 0 Å². The van der Waals surface area contributed by atoms with E-state index in [4.69, 9.17) is 11.6 Å². The Morgan fingerprint density at radius 3 is 2.50 bits per heavy atom. The van der Waals surface area contributed by atoms with Gasteiger partial charge in [0.25, 0.3) is 0 Å². The molecule has 0 spiro atoms. The molecular weight excluding hydrogens is 255 g/mol. The minimum absolute atomic E-state index is 0.363. The van der Waals surface area contributed by atoms with Crippen LogP contribution in [0.15, 0.2) is 18.2 Å². The molecule has 5 heteroatoms. The van der Waals surface area contributed by atoms with E-state index in [1.165, 1.54) is 16.8 Å². The Morgan fingerprint density at radius 2 is 2.00 bits per heavy atom. The highest BCUT2D eigenvalue weighted by Crippen LogP contribution is 2.31. The highest BCUT2D eigenvalue weighted by molar-refractivity contribution is 6.30. The van der Waals surface area contributed by atoms with E-state index in [0.717, 1.165) is 5.56 Å². The molecule has 1 atom stereocenters. The van der Waals surface area contributed by atoms with Gasteiger partial charge >= 0.3 is 0 Å². The molecule has 1 aromatic carbocycles. The van der Waals surface area contributed by atoms with E-state index in [2.05, 4.69) is 5.10 Å². The van der Waals surface area contributed by atoms with Gasteiger partial charge in [-0.25, -0.2) is 4.39 Å². The molecule has 0 aliphatic carbocycles. The van der Waals surface area contributed by atoms with Crippen LogP contribution < -0.4 is 0 Å². The van der Waals surface area contributed by atoms with Gasteiger partial charge in [0.1, 0.15) is 17.1 Å². The largest absolute Gasteiger partial charge is 0.383 e. The lowest BCUT2D eigenvalue weighted by Crippen LogP contribution is -2.02. The second kappa shape index (κ2) is 4.71. The third kappa shape index (κ3) is 2.26. The zero-order chi connectivity index (χ0) is 13.4. The molecule has 0 saturated heterocycles. The summed E-state index contributed by atoms with van der Waals surface area (Å²) in [5.41, 5.74) is 2.38. The van der Waals surface area contributed by atoms with Gasteiger partial charge in [-0.1, -0.05) is 17.7 Å². The van der Waals surface area contributed by atoms with Gasteiger partial charge in [-0.3, -0.25) is 4.68 Å². The summed E-state index contributed by atoms with van der Waals surface area (Å²) in [6.07, 6.45) is -0.972. The quantitative estimate of drug-likeness (QED) is 0.909. The summed E-state index contributed by atoms with van der Waals surface area (Å²) in [6.45, 7) is 3.54. The number of aryl methyl sites for hydroxylation is 3. The summed E-state index contributed by atoms with van der Waals surface area (Å²) < 4.78 is 14.8. The molecule has 1 unspecified atom stereocenters. The SMILES string of the molecule is Cc1cc(F)cc(C(O)c2c(C)nn(C)c2Cl)c1. The predicted molar refractivity (Wildman–Crippen MR) is 68.2 cm³/mol. The van der Waals surface area contributed by atoms with E-state index in [1.807, 2.05) is 0 Å². The number of halogens is 2. The van der Waals surface area contributed by atoms with Crippen LogP contribution in [0.1, 0.15) is 28.5 Å². The molecule has 2 rings (SSSR count). The monoisotopic (exact) mass is 268 g/mol. The van der Waals surface area contributed by atoms with Gasteiger partial charge < -0.3 is 5.11 Å². The third-order valence-corrected chi connectivity index (χ3v) is 3.30. The standard InChI is InChI=1S/C13H14ClFN2O/c1-7-4-9(6-10(15)5-7)12(18)11-8(2)16-17(3)13(11)14/h4-6,12,18H,1-3H3. The van der Waals surface area contributed by atoms with Gasteiger partial charge in [0.15, 0.2) is 0 Å². The second-order valence-corrected chi connectivity index (χ2v) is 4.74. The van der Waals surface area contributed by atoms with Crippen molar-refractivity contribution in [2.45, 2.75) is 20.0 Å². The lowest BCUT2D eigenvalue weighted by atomic mass is 10.0. The van der Waals surface area contributed by atoms with Crippen LogP contribution in [0.5, 0.6) is 0 Å². The first-order valence-corrected chi connectivity index (χ1v) is 5.92. The van der Waals surface area contributed by atoms with Crippen molar-refractivity contribution in [3.63, 3.8) is 0 Å². The fraction of sp³-hybridized carbons (Fsp3) is 0.308. The van der Waals surface area contributed by atoms with Crippen molar-refractivity contribution < 1.29 is 9.50 Å². The summed E-state index contributed by atoms with van der Waals surface area (Å²) in [5, 5.41) is 14.8. The van der Waals surface area contributed by atoms with E-state index >= 15 is 0 Å². The minimum Gasteiger partial charge on any atom is -0.383 e. The Kier molecular flexibility index (Phi) is 3.41. The maximum atomic E-state index is 13.3. The average molecular weight is 269 g/mol. The first-order valence-electron chi connectivity index (χ1n) is 5.54. The molecule has 18 heavy (non-hydrogen) atoms. The van der Waals surface area contributed by atoms with Crippen LogP contribution in [0.3, 0.4) is 0 Å². The molecule has 0 aliphatic heterocycles. The lowest BCUT2D eigenvalue weighted by Gasteiger charge is -2.12. The van der Waals surface area contributed by atoms with Crippen LogP contribution >= 0.6 is 11.6 Å². The molecule has 0 saturated carbocycles. The van der Waals surface area contributed by atoms with Crippen LogP contribution in [0.2, 0.25) is 5.15 Å². The van der Waals surface area contributed by atoms with Gasteiger partial charge in [-0.15, -0.1) is 0 Å². The maximum Gasteiger partial charge on any atom is 0.133 e. The number of aromatic nitrogens is 2. The van der Waals surface area contributed by atoms with Crippen LogP contribution in [0.25, 0.3) is 0 Å². The van der Waals surface area contributed by atoms with E-state index < -0.39 is 6.10 Å². The van der Waals surface area contributed by atoms with Crippen molar-refractivity contribution in [2.24, 2.45) is 7.05 Å². The van der Waals surface area contributed by atoms with Gasteiger partial charge in [0, 0.05) is 12.6 Å². The van der Waals surface area contributed by atoms with E-state index in [0.29, 0.717) is 22.0 Å². The van der Waals surface area contributed by atoms with Crippen molar-refractivity contribution in [3.05, 3.63) is 51.6 Å². The number of hydrogen-bond donors (Lipinski definition) is 1. The predicted octanol–water partition coefficient (Wildman–Crippen LogP) is 2.91. The summed E-state index contributed by atoms with van der Waals surface area (Å²) >= 11 is 6.09. The van der Waals surface area contributed by atoms with Crippen LogP contribution in [-0.2, 0) is 7.05 Å². The van der Waals surface area contributed by atoms with E-state index in [-0.39, 0.29) is 5.82 Å². The normalized spacial score (nSPS) is 12.8. The first-order chi connectivity index (χ1) is 8.40. The fourth-order valence-electron chi connectivity index (χ4n) is 2.05. The Balaban J connectivity index is 2.50. The number of benzene rings is 1. The molecule has 0 bridgehead atoms. The molecule has 3 nitrogen and oxygen atoms in total. The highest BCUT2D eigenvalue weighted by atomic mass is 35.5. The van der Waals surface area contributed by atoms with Crippen LogP contribution in [0.4, 0.5) is 4.39 Å². The topological polar surface area (TPSA) is 38.1 Å². The number of nitrogens with zero attached hydrogens (tertiary/aromatic N) is 2. The minimum atomic E-state index is -0.972. The van der Waals surface area contributed by atoms with Gasteiger partial charge in [-0.2, -0.15) is 5.10 Å². The summed E-state index contributed by atoms with van der Waals surface area (Å²) in [6, 6.07) is 4.45. The molecule has 96 valence electrons. The fourth-order valence-corrected chi connectivity index (χ4v) is 2.32. The van der Waals surface area contributed by atoms with E-state index in [9.17, 15) is 9.50 Å². The Morgan fingerprint density at radius 1 is 1.33 bits per heavy atom. The van der Waals surface area contributed by atoms with Gasteiger partial charge in [0.05, 0.1) is 5.69 Å². The average Bonchev–Trinajstić information content (AvgIpc) is 2.51. The van der Waals surface area contributed by atoms with Gasteiger partial charge in [-0.05, 0) is 37.1 Å². The van der Waals surface area contributed by atoms with Crippen molar-refractivity contribution in [1.29, 1.82) is 0 Å². The van der Waals surface area contributed by atoms with Gasteiger partial charge in [0.2, 0.25) is 0 Å².